The second-order valence-electron chi connectivity index (χ2n) is 7.44. The van der Waals surface area contributed by atoms with Gasteiger partial charge in [0, 0.05) is 24.7 Å². The number of halogens is 1. The summed E-state index contributed by atoms with van der Waals surface area (Å²) in [6, 6.07) is 1.99. The molecule has 0 spiro atoms. The van der Waals surface area contributed by atoms with Gasteiger partial charge in [0.15, 0.2) is 0 Å². The Bertz CT molecular complexity index is 779. The van der Waals surface area contributed by atoms with E-state index in [9.17, 15) is 4.79 Å². The number of piperidine rings is 1. The lowest BCUT2D eigenvalue weighted by molar-refractivity contribution is 0.0689. The molecular formula is C19H27ClN4O2. The molecule has 4 rings (SSSR count). The van der Waals surface area contributed by atoms with Crippen molar-refractivity contribution < 1.29 is 9.32 Å². The molecule has 1 saturated heterocycles. The number of nitrogens with zero attached hydrogens (tertiary/aromatic N) is 3. The number of nitrogens with one attached hydrogen (secondary N) is 1. The predicted octanol–water partition coefficient (Wildman–Crippen LogP) is 3.29. The minimum Gasteiger partial charge on any atom is -0.339 e. The molecular weight excluding hydrogens is 352 g/mol. The van der Waals surface area contributed by atoms with Crippen LogP contribution in [0.4, 0.5) is 0 Å². The summed E-state index contributed by atoms with van der Waals surface area (Å²) in [5.41, 5.74) is 2.96. The van der Waals surface area contributed by atoms with Gasteiger partial charge >= 0.3 is 0 Å². The van der Waals surface area contributed by atoms with Crippen LogP contribution in [-0.4, -0.2) is 47.6 Å². The van der Waals surface area contributed by atoms with E-state index in [1.165, 1.54) is 6.42 Å². The van der Waals surface area contributed by atoms with Crippen molar-refractivity contribution in [2.24, 2.45) is 5.92 Å². The van der Waals surface area contributed by atoms with Crippen LogP contribution in [0.1, 0.15) is 59.8 Å². The van der Waals surface area contributed by atoms with Crippen molar-refractivity contribution in [3.05, 3.63) is 23.0 Å². The van der Waals surface area contributed by atoms with E-state index >= 15 is 0 Å². The number of aromatic nitrogens is 2. The Kier molecular flexibility index (Phi) is 5.82. The summed E-state index contributed by atoms with van der Waals surface area (Å²) >= 11 is 0. The third-order valence-corrected chi connectivity index (χ3v) is 5.57. The van der Waals surface area contributed by atoms with Crippen molar-refractivity contribution in [3.63, 3.8) is 0 Å². The molecule has 0 aromatic carbocycles. The Morgan fingerprint density at radius 3 is 2.69 bits per heavy atom. The van der Waals surface area contributed by atoms with Gasteiger partial charge in [0.05, 0.1) is 16.6 Å². The third-order valence-electron chi connectivity index (χ3n) is 5.57. The highest BCUT2D eigenvalue weighted by Gasteiger charge is 2.31. The van der Waals surface area contributed by atoms with Gasteiger partial charge in [0.25, 0.3) is 11.6 Å². The van der Waals surface area contributed by atoms with Crippen LogP contribution in [0.3, 0.4) is 0 Å². The van der Waals surface area contributed by atoms with Crippen molar-refractivity contribution in [2.75, 3.05) is 26.7 Å². The van der Waals surface area contributed by atoms with E-state index in [1.807, 2.05) is 24.9 Å². The van der Waals surface area contributed by atoms with E-state index in [4.69, 9.17) is 4.52 Å². The number of aryl methyl sites for hydroxylation is 1. The van der Waals surface area contributed by atoms with E-state index in [-0.39, 0.29) is 18.3 Å². The second kappa shape index (κ2) is 7.92. The van der Waals surface area contributed by atoms with Gasteiger partial charge < -0.3 is 14.7 Å². The summed E-state index contributed by atoms with van der Waals surface area (Å²) < 4.78 is 5.37. The fourth-order valence-electron chi connectivity index (χ4n) is 3.81. The van der Waals surface area contributed by atoms with Gasteiger partial charge in [-0.3, -0.25) is 4.79 Å². The third kappa shape index (κ3) is 3.71. The van der Waals surface area contributed by atoms with Crippen molar-refractivity contribution in [3.8, 4) is 0 Å². The maximum atomic E-state index is 13.2. The van der Waals surface area contributed by atoms with Crippen molar-refractivity contribution in [1.82, 2.24) is 20.4 Å². The Morgan fingerprint density at radius 1 is 1.31 bits per heavy atom. The Labute approximate surface area is 160 Å². The molecule has 26 heavy (non-hydrogen) atoms. The highest BCUT2D eigenvalue weighted by molar-refractivity contribution is 6.06. The second-order valence-corrected chi connectivity index (χ2v) is 7.44. The number of hydrogen-bond donors (Lipinski definition) is 1. The number of hydrogen-bond acceptors (Lipinski definition) is 5. The first-order valence-electron chi connectivity index (χ1n) is 9.38. The van der Waals surface area contributed by atoms with E-state index < -0.39 is 0 Å². The summed E-state index contributed by atoms with van der Waals surface area (Å²) in [5.74, 6) is 1.30. The highest BCUT2D eigenvalue weighted by Crippen LogP contribution is 2.40. The number of fused-ring (bicyclic) bond motifs is 1. The minimum atomic E-state index is 0. The Balaban J connectivity index is 0.00000196. The average molecular weight is 379 g/mol. The molecule has 1 aliphatic heterocycles. The van der Waals surface area contributed by atoms with Gasteiger partial charge in [-0.1, -0.05) is 5.16 Å². The summed E-state index contributed by atoms with van der Waals surface area (Å²) in [4.78, 5) is 19.8. The quantitative estimate of drug-likeness (QED) is 0.864. The van der Waals surface area contributed by atoms with Gasteiger partial charge in [0.2, 0.25) is 0 Å². The smallest absolute Gasteiger partial charge is 0.259 e. The van der Waals surface area contributed by atoms with Gasteiger partial charge in [0.1, 0.15) is 0 Å². The summed E-state index contributed by atoms with van der Waals surface area (Å²) in [6.45, 7) is 4.60. The largest absolute Gasteiger partial charge is 0.339 e. The lowest BCUT2D eigenvalue weighted by Gasteiger charge is -2.32. The van der Waals surface area contributed by atoms with E-state index in [1.54, 1.807) is 0 Å². The lowest BCUT2D eigenvalue weighted by Crippen LogP contribution is -2.39. The van der Waals surface area contributed by atoms with Gasteiger partial charge in [-0.15, -0.1) is 12.4 Å². The molecule has 2 aliphatic rings. The lowest BCUT2D eigenvalue weighted by atomic mass is 9.93. The van der Waals surface area contributed by atoms with Crippen LogP contribution >= 0.6 is 12.4 Å². The van der Waals surface area contributed by atoms with Crippen LogP contribution < -0.4 is 5.32 Å². The van der Waals surface area contributed by atoms with Crippen LogP contribution in [-0.2, 0) is 0 Å². The SMILES string of the molecule is CNCCC1CCN(C(=O)c2cc(C3CC3)nc3onc(C)c23)CC1.Cl. The van der Waals surface area contributed by atoms with Crippen LogP contribution in [0.2, 0.25) is 0 Å². The van der Waals surface area contributed by atoms with Gasteiger partial charge in [-0.25, -0.2) is 4.98 Å². The standard InChI is InChI=1S/C19H26N4O2.ClH/c1-12-17-15(11-16(14-3-4-14)21-18(17)25-22-12)19(24)23-9-6-13(7-10-23)5-8-20-2;/h11,13-14,20H,3-10H2,1-2H3;1H. The molecule has 1 N–H and O–H groups in total. The molecule has 0 unspecified atom stereocenters. The molecule has 142 valence electrons. The number of likely N-dealkylation sites (tertiary alicyclic amines) is 1. The van der Waals surface area contributed by atoms with Gasteiger partial charge in [-0.05, 0) is 64.6 Å². The van der Waals surface area contributed by atoms with Crippen LogP contribution in [0.5, 0.6) is 0 Å². The monoisotopic (exact) mass is 378 g/mol. The molecule has 3 heterocycles. The van der Waals surface area contributed by atoms with Crippen molar-refractivity contribution in [2.45, 2.75) is 44.9 Å². The van der Waals surface area contributed by atoms with E-state index in [2.05, 4.69) is 15.5 Å². The molecule has 1 saturated carbocycles. The van der Waals surface area contributed by atoms with E-state index in [0.29, 0.717) is 17.5 Å². The first kappa shape index (κ1) is 19.1. The molecule has 0 atom stereocenters. The molecule has 6 nitrogen and oxygen atoms in total. The highest BCUT2D eigenvalue weighted by atomic mass is 35.5. The molecule has 0 bridgehead atoms. The summed E-state index contributed by atoms with van der Waals surface area (Å²) in [7, 11) is 1.99. The number of amides is 1. The molecule has 0 radical (unpaired) electrons. The maximum Gasteiger partial charge on any atom is 0.259 e. The normalized spacial score (nSPS) is 18.2. The summed E-state index contributed by atoms with van der Waals surface area (Å²) in [6.07, 6.45) is 5.65. The average Bonchev–Trinajstić information content (AvgIpc) is 3.43. The van der Waals surface area contributed by atoms with E-state index in [0.717, 1.165) is 67.7 Å². The first-order chi connectivity index (χ1) is 12.2. The molecule has 7 heteroatoms. The molecule has 1 aliphatic carbocycles. The zero-order chi connectivity index (χ0) is 17.4. The maximum absolute atomic E-state index is 13.2. The molecule has 2 aromatic rings. The topological polar surface area (TPSA) is 71.3 Å². The summed E-state index contributed by atoms with van der Waals surface area (Å²) in [5, 5.41) is 8.04. The number of pyridine rings is 1. The Morgan fingerprint density at radius 2 is 2.04 bits per heavy atom. The number of rotatable bonds is 5. The van der Waals surface area contributed by atoms with Crippen LogP contribution in [0.15, 0.2) is 10.6 Å². The predicted molar refractivity (Wildman–Crippen MR) is 103 cm³/mol. The minimum absolute atomic E-state index is 0. The first-order valence-corrected chi connectivity index (χ1v) is 9.38. The van der Waals surface area contributed by atoms with Gasteiger partial charge in [-0.2, -0.15) is 0 Å². The van der Waals surface area contributed by atoms with Crippen LogP contribution in [0.25, 0.3) is 11.1 Å². The van der Waals surface area contributed by atoms with Crippen LogP contribution in [0, 0.1) is 12.8 Å². The molecule has 2 fully saturated rings. The Hall–Kier alpha value is -1.66. The zero-order valence-corrected chi connectivity index (χ0v) is 16.3. The number of carbonyl (C=O) groups is 1. The molecule has 2 aromatic heterocycles. The fraction of sp³-hybridized carbons (Fsp3) is 0.632. The van der Waals surface area contributed by atoms with Crippen molar-refractivity contribution in [1.29, 1.82) is 0 Å². The van der Waals surface area contributed by atoms with Crippen molar-refractivity contribution >= 4 is 29.4 Å². The number of carbonyl (C=O) groups excluding carboxylic acids is 1. The zero-order valence-electron chi connectivity index (χ0n) is 15.5. The fourth-order valence-corrected chi connectivity index (χ4v) is 3.81. The molecule has 1 amide bonds.